The number of hydrogen-bond acceptors (Lipinski definition) is 5. The first-order valence-electron chi connectivity index (χ1n) is 11.9. The van der Waals surface area contributed by atoms with Crippen LogP contribution in [0.4, 0.5) is 4.39 Å². The van der Waals surface area contributed by atoms with Gasteiger partial charge in [0.05, 0.1) is 18.2 Å². The average Bonchev–Trinajstić information content (AvgIpc) is 2.97. The Morgan fingerprint density at radius 1 is 0.641 bits per heavy atom. The van der Waals surface area contributed by atoms with Crippen molar-refractivity contribution in [1.29, 1.82) is 0 Å². The maximum Gasteiger partial charge on any atom is 0.354 e. The summed E-state index contributed by atoms with van der Waals surface area (Å²) in [5.74, 6) is 0.868. The molecule has 0 fully saturated rings. The van der Waals surface area contributed by atoms with Crippen molar-refractivity contribution in [3.63, 3.8) is 0 Å². The molecule has 0 spiro atoms. The fraction of sp³-hybridized carbons (Fsp3) is 0.0312. The molecule has 5 aromatic rings. The summed E-state index contributed by atoms with van der Waals surface area (Å²) in [6, 6.07) is 35.3. The molecule has 0 aliphatic heterocycles. The fourth-order valence-corrected chi connectivity index (χ4v) is 5.06. The second-order valence-corrected chi connectivity index (χ2v) is 10.5. The molecule has 0 saturated heterocycles. The Bertz CT molecular complexity index is 1510. The minimum Gasteiger partial charge on any atom is -0.508 e. The van der Waals surface area contributed by atoms with Gasteiger partial charge in [-0.15, -0.1) is 0 Å². The predicted molar refractivity (Wildman–Crippen MR) is 155 cm³/mol. The van der Waals surface area contributed by atoms with Gasteiger partial charge in [0.15, 0.2) is 0 Å². The molecule has 0 radical (unpaired) electrons. The molecule has 0 unspecified atom stereocenters. The summed E-state index contributed by atoms with van der Waals surface area (Å²) in [6.45, 7) is 0. The number of ether oxygens (including phenoxy) is 1. The highest BCUT2D eigenvalue weighted by molar-refractivity contribution is 7.99. The van der Waals surface area contributed by atoms with Gasteiger partial charge in [-0.3, -0.25) is 4.79 Å². The number of hydrogen-bond donors (Lipinski definition) is 2. The van der Waals surface area contributed by atoms with Crippen LogP contribution >= 0.6 is 23.5 Å². The van der Waals surface area contributed by atoms with E-state index in [1.54, 1.807) is 91.7 Å². The number of aromatic hydroxyl groups is 2. The third-order valence-corrected chi connectivity index (χ3v) is 7.52. The SMILES string of the molecule is COc1ccc(C(=[OH+])c2ccc(Sc3ccc(Sc4ccc(O)cc4)cc3)c(F)c2)cc1.Oc1ccccc1. The molecule has 0 amide bonds. The molecule has 0 bridgehead atoms. The third kappa shape index (κ3) is 8.14. The monoisotopic (exact) mass is 557 g/mol. The molecule has 0 saturated carbocycles. The lowest BCUT2D eigenvalue weighted by atomic mass is 10.0. The van der Waals surface area contributed by atoms with E-state index < -0.39 is 5.82 Å². The molecule has 3 N–H and O–H groups in total. The smallest absolute Gasteiger partial charge is 0.354 e. The number of para-hydroxylation sites is 1. The average molecular weight is 558 g/mol. The van der Waals surface area contributed by atoms with Crippen LogP contribution in [-0.4, -0.2) is 27.9 Å². The van der Waals surface area contributed by atoms with Crippen molar-refractivity contribution in [2.75, 3.05) is 7.11 Å². The number of phenolic OH excluding ortho intramolecular Hbond substituents is 2. The largest absolute Gasteiger partial charge is 0.508 e. The van der Waals surface area contributed by atoms with Crippen LogP contribution in [-0.2, 0) is 0 Å². The van der Waals surface area contributed by atoms with Crippen molar-refractivity contribution in [2.24, 2.45) is 0 Å². The lowest BCUT2D eigenvalue weighted by molar-refractivity contribution is 0.415. The summed E-state index contributed by atoms with van der Waals surface area (Å²) in [5, 5.41) is 18.0. The predicted octanol–water partition coefficient (Wildman–Crippen LogP) is 8.18. The van der Waals surface area contributed by atoms with Crippen LogP contribution in [0.2, 0.25) is 0 Å². The van der Waals surface area contributed by atoms with E-state index in [4.69, 9.17) is 9.84 Å². The van der Waals surface area contributed by atoms with Gasteiger partial charge in [0.1, 0.15) is 23.1 Å². The summed E-state index contributed by atoms with van der Waals surface area (Å²) < 4.78 is 19.9. The number of rotatable bonds is 7. The van der Waals surface area contributed by atoms with Crippen molar-refractivity contribution in [2.45, 2.75) is 19.6 Å². The van der Waals surface area contributed by atoms with E-state index in [2.05, 4.69) is 0 Å². The normalized spacial score (nSPS) is 10.3. The highest BCUT2D eigenvalue weighted by atomic mass is 32.2. The molecule has 0 aliphatic carbocycles. The van der Waals surface area contributed by atoms with Crippen LogP contribution < -0.4 is 4.74 Å². The van der Waals surface area contributed by atoms with Gasteiger partial charge >= 0.3 is 5.78 Å². The van der Waals surface area contributed by atoms with Crippen LogP contribution in [0, 0.1) is 5.82 Å². The van der Waals surface area contributed by atoms with Crippen molar-refractivity contribution >= 4 is 29.3 Å². The van der Waals surface area contributed by atoms with Crippen LogP contribution in [0.5, 0.6) is 17.2 Å². The Hall–Kier alpha value is -4.20. The van der Waals surface area contributed by atoms with E-state index in [0.717, 1.165) is 14.7 Å². The quantitative estimate of drug-likeness (QED) is 0.156. The van der Waals surface area contributed by atoms with E-state index in [0.29, 0.717) is 27.5 Å². The second kappa shape index (κ2) is 13.6. The number of halogens is 1. The van der Waals surface area contributed by atoms with Gasteiger partial charge in [-0.1, -0.05) is 41.7 Å². The minimum absolute atomic E-state index is 0.0127. The maximum atomic E-state index is 14.7. The van der Waals surface area contributed by atoms with E-state index in [-0.39, 0.29) is 11.5 Å². The van der Waals surface area contributed by atoms with Crippen molar-refractivity contribution < 1.29 is 24.1 Å². The maximum absolute atomic E-state index is 14.7. The van der Waals surface area contributed by atoms with E-state index in [1.165, 1.54) is 17.8 Å². The van der Waals surface area contributed by atoms with Crippen molar-refractivity contribution in [3.8, 4) is 17.2 Å². The minimum atomic E-state index is -0.393. The molecule has 5 aromatic carbocycles. The first kappa shape index (κ1) is 27.8. The molecule has 0 aromatic heterocycles. The standard InChI is InChI=1S/C26H19FO3S2.C6H6O/c1-30-20-7-2-17(3-8-20)26(29)18-4-15-25(24(27)16-18)32-23-13-11-22(12-14-23)31-21-9-5-19(28)6-10-21;7-6-4-2-1-3-5-6/h2-16,28H,1H3;1-5,7H/p+1. The van der Waals surface area contributed by atoms with Crippen molar-refractivity contribution in [1.82, 2.24) is 0 Å². The second-order valence-electron chi connectivity index (χ2n) is 8.23. The number of carbonyl (C=O) groups excluding carboxylic acids is 1. The molecule has 196 valence electrons. The zero-order valence-electron chi connectivity index (χ0n) is 21.0. The van der Waals surface area contributed by atoms with Gasteiger partial charge < -0.3 is 14.9 Å². The molecule has 0 atom stereocenters. The topological polar surface area (TPSA) is 71.1 Å². The third-order valence-electron chi connectivity index (χ3n) is 5.45. The van der Waals surface area contributed by atoms with E-state index in [1.807, 2.05) is 42.5 Å². The Morgan fingerprint density at radius 2 is 1.15 bits per heavy atom. The summed E-state index contributed by atoms with van der Waals surface area (Å²) in [6.07, 6.45) is 0. The van der Waals surface area contributed by atoms with Crippen LogP contribution in [0.3, 0.4) is 0 Å². The molecule has 7 heteroatoms. The van der Waals surface area contributed by atoms with Gasteiger partial charge in [-0.05, 0) is 103 Å². The van der Waals surface area contributed by atoms with Crippen LogP contribution in [0.1, 0.15) is 11.1 Å². The highest BCUT2D eigenvalue weighted by Crippen LogP contribution is 2.34. The van der Waals surface area contributed by atoms with Crippen LogP contribution in [0.15, 0.2) is 141 Å². The zero-order chi connectivity index (χ0) is 27.6. The van der Waals surface area contributed by atoms with Gasteiger partial charge in [0.2, 0.25) is 0 Å². The van der Waals surface area contributed by atoms with Crippen molar-refractivity contribution in [3.05, 3.63) is 138 Å². The van der Waals surface area contributed by atoms with Gasteiger partial charge in [-0.2, -0.15) is 0 Å². The van der Waals surface area contributed by atoms with Crippen LogP contribution in [0.25, 0.3) is 0 Å². The lowest BCUT2D eigenvalue weighted by Gasteiger charge is -2.06. The molecular formula is C32H26FO4S2+. The molecule has 39 heavy (non-hydrogen) atoms. The number of methoxy groups -OCH3 is 1. The Labute approximate surface area is 235 Å². The summed E-state index contributed by atoms with van der Waals surface area (Å²) >= 11 is 2.91. The Kier molecular flexibility index (Phi) is 9.67. The highest BCUT2D eigenvalue weighted by Gasteiger charge is 2.18. The first-order chi connectivity index (χ1) is 18.9. The molecular weight excluding hydrogens is 531 g/mol. The van der Waals surface area contributed by atoms with E-state index >= 15 is 0 Å². The number of ketones is 1. The molecule has 0 aliphatic rings. The van der Waals surface area contributed by atoms with Gasteiger partial charge in [-0.25, -0.2) is 4.39 Å². The summed E-state index contributed by atoms with van der Waals surface area (Å²) in [5.41, 5.74) is 1.00. The Balaban J connectivity index is 0.000000438. The molecule has 4 nitrogen and oxygen atoms in total. The number of benzene rings is 5. The number of phenols is 2. The fourth-order valence-electron chi connectivity index (χ4n) is 3.43. The lowest BCUT2D eigenvalue weighted by Crippen LogP contribution is -2.03. The van der Waals surface area contributed by atoms with E-state index in [9.17, 15) is 14.3 Å². The van der Waals surface area contributed by atoms with Gasteiger partial charge in [0.25, 0.3) is 0 Å². The molecule has 5 rings (SSSR count). The summed E-state index contributed by atoms with van der Waals surface area (Å²) in [7, 11) is 1.58. The Morgan fingerprint density at radius 3 is 1.67 bits per heavy atom. The molecule has 0 heterocycles. The first-order valence-corrected chi connectivity index (χ1v) is 13.5. The summed E-state index contributed by atoms with van der Waals surface area (Å²) in [4.78, 5) is 14.0. The zero-order valence-corrected chi connectivity index (χ0v) is 22.6. The van der Waals surface area contributed by atoms with Gasteiger partial charge in [0, 0.05) is 19.6 Å².